The summed E-state index contributed by atoms with van der Waals surface area (Å²) >= 11 is 0. The van der Waals surface area contributed by atoms with Crippen LogP contribution in [0.25, 0.3) is 11.3 Å². The van der Waals surface area contributed by atoms with Gasteiger partial charge in [-0.05, 0) is 43.5 Å². The van der Waals surface area contributed by atoms with Crippen LogP contribution in [0.5, 0.6) is 0 Å². The highest BCUT2D eigenvalue weighted by atomic mass is 19.3. The fourth-order valence-corrected chi connectivity index (χ4v) is 4.05. The molecular weight excluding hydrogens is 447 g/mol. The highest BCUT2D eigenvalue weighted by Crippen LogP contribution is 2.30. The Morgan fingerprint density at radius 2 is 1.97 bits per heavy atom. The first-order valence-corrected chi connectivity index (χ1v) is 11.0. The zero-order valence-electron chi connectivity index (χ0n) is 18.4. The summed E-state index contributed by atoms with van der Waals surface area (Å²) < 4.78 is 41.8. The topological polar surface area (TPSA) is 115 Å². The van der Waals surface area contributed by atoms with E-state index < -0.39 is 24.7 Å². The van der Waals surface area contributed by atoms with Crippen LogP contribution in [-0.2, 0) is 6.54 Å². The van der Waals surface area contributed by atoms with Crippen LogP contribution in [0, 0.1) is 5.82 Å². The zero-order chi connectivity index (χ0) is 24.2. The highest BCUT2D eigenvalue weighted by Gasteiger charge is 2.25. The number of benzene rings is 1. The van der Waals surface area contributed by atoms with Crippen molar-refractivity contribution in [3.05, 3.63) is 54.1 Å². The molecule has 0 saturated carbocycles. The number of nitrogen functional groups attached to an aromatic ring is 1. The predicted molar refractivity (Wildman–Crippen MR) is 124 cm³/mol. The molecule has 4 rings (SSSR count). The van der Waals surface area contributed by atoms with E-state index in [1.54, 1.807) is 18.2 Å². The number of nitrogens with two attached hydrogens (primary N) is 2. The molecule has 0 bridgehead atoms. The summed E-state index contributed by atoms with van der Waals surface area (Å²) in [6, 6.07) is 9.08. The minimum absolute atomic E-state index is 0.0274. The Morgan fingerprint density at radius 3 is 2.74 bits per heavy atom. The number of carbonyl (C=O) groups is 1. The van der Waals surface area contributed by atoms with Crippen LogP contribution in [-0.4, -0.2) is 46.2 Å². The molecule has 5 N–H and O–H groups in total. The Kier molecular flexibility index (Phi) is 7.01. The molecule has 11 heteroatoms. The van der Waals surface area contributed by atoms with E-state index >= 15 is 0 Å². The van der Waals surface area contributed by atoms with Gasteiger partial charge in [0.2, 0.25) is 0 Å². The first-order chi connectivity index (χ1) is 16.3. The second-order valence-electron chi connectivity index (χ2n) is 8.20. The predicted octanol–water partition coefficient (Wildman–Crippen LogP) is 3.50. The molecule has 0 aliphatic carbocycles. The Labute approximate surface area is 194 Å². The number of amides is 1. The van der Waals surface area contributed by atoms with Gasteiger partial charge in [0.05, 0.1) is 17.6 Å². The third kappa shape index (κ3) is 5.14. The van der Waals surface area contributed by atoms with Crippen LogP contribution in [0.15, 0.2) is 42.6 Å². The van der Waals surface area contributed by atoms with Gasteiger partial charge in [0, 0.05) is 24.7 Å². The Morgan fingerprint density at radius 1 is 1.18 bits per heavy atom. The number of aromatic nitrogens is 3. The summed E-state index contributed by atoms with van der Waals surface area (Å²) in [7, 11) is 0. The van der Waals surface area contributed by atoms with Crippen molar-refractivity contribution in [2.45, 2.75) is 38.3 Å². The van der Waals surface area contributed by atoms with E-state index in [9.17, 15) is 18.0 Å². The summed E-state index contributed by atoms with van der Waals surface area (Å²) in [5, 5.41) is 6.78. The van der Waals surface area contributed by atoms with E-state index in [-0.39, 0.29) is 34.4 Å². The molecule has 1 aliphatic rings. The second-order valence-corrected chi connectivity index (χ2v) is 8.20. The van der Waals surface area contributed by atoms with Gasteiger partial charge in [-0.3, -0.25) is 4.79 Å². The molecule has 3 aromatic rings. The van der Waals surface area contributed by atoms with Crippen molar-refractivity contribution in [3.63, 3.8) is 0 Å². The molecule has 2 aromatic heterocycles. The number of anilines is 3. The standard InChI is InChI=1S/C23H26F3N7O/c24-16-6-2-1-5-15(16)18-8-7-17(28)21(30-18)22(34)31-19-12-29-33(13-20(25)26)23(19)32-10-3-4-14(27)9-11-32/h1-2,5-8,12,14,20H,3-4,9-11,13,27-28H2,(H,31,34). The molecule has 0 radical (unpaired) electrons. The number of nitrogens with zero attached hydrogens (tertiary/aromatic N) is 4. The van der Waals surface area contributed by atoms with Crippen LogP contribution in [0.1, 0.15) is 29.8 Å². The van der Waals surface area contributed by atoms with Gasteiger partial charge in [0.15, 0.2) is 11.5 Å². The fraction of sp³-hybridized carbons (Fsp3) is 0.348. The van der Waals surface area contributed by atoms with Crippen molar-refractivity contribution in [3.8, 4) is 11.3 Å². The third-order valence-electron chi connectivity index (χ3n) is 5.73. The molecule has 1 saturated heterocycles. The molecule has 1 aliphatic heterocycles. The number of pyridine rings is 1. The molecule has 1 atom stereocenters. The van der Waals surface area contributed by atoms with Crippen molar-refractivity contribution in [1.82, 2.24) is 14.8 Å². The first-order valence-electron chi connectivity index (χ1n) is 11.0. The van der Waals surface area contributed by atoms with Crippen LogP contribution in [0.4, 0.5) is 30.4 Å². The molecule has 1 fully saturated rings. The van der Waals surface area contributed by atoms with E-state index in [1.165, 1.54) is 29.1 Å². The summed E-state index contributed by atoms with van der Waals surface area (Å²) in [6.07, 6.45) is 1.01. The van der Waals surface area contributed by atoms with E-state index in [0.717, 1.165) is 12.8 Å². The molecule has 1 unspecified atom stereocenters. The maximum absolute atomic E-state index is 14.2. The van der Waals surface area contributed by atoms with Gasteiger partial charge in [-0.15, -0.1) is 0 Å². The fourth-order valence-electron chi connectivity index (χ4n) is 4.05. The van der Waals surface area contributed by atoms with Gasteiger partial charge >= 0.3 is 0 Å². The number of carbonyl (C=O) groups excluding carboxylic acids is 1. The van der Waals surface area contributed by atoms with Crippen molar-refractivity contribution in [1.29, 1.82) is 0 Å². The monoisotopic (exact) mass is 473 g/mol. The molecule has 1 amide bonds. The van der Waals surface area contributed by atoms with Crippen LogP contribution in [0.3, 0.4) is 0 Å². The summed E-state index contributed by atoms with van der Waals surface area (Å²) in [6.45, 7) is 0.522. The van der Waals surface area contributed by atoms with E-state index in [2.05, 4.69) is 15.4 Å². The first kappa shape index (κ1) is 23.6. The largest absolute Gasteiger partial charge is 0.397 e. The SMILES string of the molecule is Nc1ccc(-c2ccccc2F)nc1C(=O)Nc1cnn(CC(F)F)c1N1CCCC(N)CC1. The molecule has 1 aromatic carbocycles. The minimum atomic E-state index is -2.62. The maximum Gasteiger partial charge on any atom is 0.276 e. The molecule has 3 heterocycles. The molecule has 180 valence electrons. The minimum Gasteiger partial charge on any atom is -0.397 e. The third-order valence-corrected chi connectivity index (χ3v) is 5.73. The summed E-state index contributed by atoms with van der Waals surface area (Å²) in [5.41, 5.74) is 12.8. The number of nitrogens with one attached hydrogen (secondary N) is 1. The van der Waals surface area contributed by atoms with Crippen LogP contribution >= 0.6 is 0 Å². The van der Waals surface area contributed by atoms with E-state index in [1.807, 2.05) is 4.90 Å². The molecule has 0 spiro atoms. The summed E-state index contributed by atoms with van der Waals surface area (Å²) in [4.78, 5) is 19.3. The lowest BCUT2D eigenvalue weighted by Gasteiger charge is -2.25. The normalized spacial score (nSPS) is 16.5. The average Bonchev–Trinajstić information content (AvgIpc) is 3.04. The smallest absolute Gasteiger partial charge is 0.276 e. The van der Waals surface area contributed by atoms with Gasteiger partial charge in [0.1, 0.15) is 18.0 Å². The molecule has 34 heavy (non-hydrogen) atoms. The number of hydrogen-bond donors (Lipinski definition) is 3. The van der Waals surface area contributed by atoms with E-state index in [4.69, 9.17) is 11.5 Å². The van der Waals surface area contributed by atoms with Crippen LogP contribution < -0.4 is 21.7 Å². The number of hydrogen-bond acceptors (Lipinski definition) is 6. The Hall–Kier alpha value is -3.60. The lowest BCUT2D eigenvalue weighted by molar-refractivity contribution is 0.102. The quantitative estimate of drug-likeness (QED) is 0.505. The van der Waals surface area contributed by atoms with Gasteiger partial charge in [-0.25, -0.2) is 22.8 Å². The van der Waals surface area contributed by atoms with E-state index in [0.29, 0.717) is 25.3 Å². The lowest BCUT2D eigenvalue weighted by atomic mass is 10.1. The maximum atomic E-state index is 14.2. The lowest BCUT2D eigenvalue weighted by Crippen LogP contribution is -2.30. The average molecular weight is 474 g/mol. The highest BCUT2D eigenvalue weighted by molar-refractivity contribution is 6.07. The molecule has 8 nitrogen and oxygen atoms in total. The Bertz CT molecular complexity index is 1170. The van der Waals surface area contributed by atoms with Gasteiger partial charge in [-0.2, -0.15) is 5.10 Å². The molecular formula is C23H26F3N7O. The van der Waals surface area contributed by atoms with Crippen LogP contribution in [0.2, 0.25) is 0 Å². The van der Waals surface area contributed by atoms with Gasteiger partial charge in [0.25, 0.3) is 12.3 Å². The summed E-state index contributed by atoms with van der Waals surface area (Å²) in [5.74, 6) is -0.757. The zero-order valence-corrected chi connectivity index (χ0v) is 18.4. The van der Waals surface area contributed by atoms with Crippen molar-refractivity contribution < 1.29 is 18.0 Å². The number of rotatable bonds is 6. The second kappa shape index (κ2) is 10.1. The van der Waals surface area contributed by atoms with Crippen molar-refractivity contribution in [2.75, 3.05) is 29.0 Å². The van der Waals surface area contributed by atoms with Crippen molar-refractivity contribution in [2.24, 2.45) is 5.73 Å². The van der Waals surface area contributed by atoms with Gasteiger partial charge in [-0.1, -0.05) is 12.1 Å². The Balaban J connectivity index is 1.65. The van der Waals surface area contributed by atoms with Crippen molar-refractivity contribution >= 4 is 23.1 Å². The number of alkyl halides is 2. The van der Waals surface area contributed by atoms with Gasteiger partial charge < -0.3 is 21.7 Å². The number of halogens is 3.